The maximum atomic E-state index is 12.3. The fourth-order valence-electron chi connectivity index (χ4n) is 10.9. The van der Waals surface area contributed by atoms with Crippen molar-refractivity contribution < 1.29 is 169 Å². The number of carbonyl (C=O) groups is 3. The Morgan fingerprint density at radius 1 is 0.375 bits per heavy atom. The van der Waals surface area contributed by atoms with Crippen LogP contribution in [0.4, 0.5) is 13.2 Å². The average Bonchev–Trinajstić information content (AvgIpc) is 1.73. The molecular weight excluding hydrogens is 2720 g/mol. The van der Waals surface area contributed by atoms with E-state index in [1.54, 1.807) is 65.7 Å². The van der Waals surface area contributed by atoms with Gasteiger partial charge in [-0.05, 0) is 141 Å². The van der Waals surface area contributed by atoms with E-state index in [0.29, 0.717) is 17.1 Å². The van der Waals surface area contributed by atoms with Crippen molar-refractivity contribution in [3.63, 3.8) is 0 Å². The van der Waals surface area contributed by atoms with Gasteiger partial charge in [0.15, 0.2) is 17.3 Å². The van der Waals surface area contributed by atoms with Crippen LogP contribution in [0.5, 0.6) is 0 Å². The number of aromatic nitrogens is 7. The summed E-state index contributed by atoms with van der Waals surface area (Å²) in [7, 11) is 0. The predicted octanol–water partition coefficient (Wildman–Crippen LogP) is 26.3. The van der Waals surface area contributed by atoms with Crippen LogP contribution in [0.15, 0.2) is 386 Å². The molecule has 0 amide bonds. The van der Waals surface area contributed by atoms with Crippen molar-refractivity contribution in [2.75, 3.05) is 0 Å². The SMILES string of the molecule is CC(=O)C=C(C)O.CC(=O)C=C(C)O.CC(=O)C=C(C)O.FC(F)(F)c1c[c-]c(-c2ccccn2)cc1.[Ir].[Ir].[Ir].[Ir].[Ir].[Pt].[c-]1ccc2ccccc2c1-c1nc2ccccc2s1.[c-]1ccccc1-c1ccccn1.[c-]1ccccc1-c1ccccn1.[c-]1ccccc1-c1nc2ccccc2o1.[c-]1ccccc1-c1nccc2ccccc12.[c-]1ccsc1-c1ccccn1. The summed E-state index contributed by atoms with van der Waals surface area (Å²) in [6, 6.07) is 120. The summed E-state index contributed by atoms with van der Waals surface area (Å²) >= 11 is 3.38. The van der Waals surface area contributed by atoms with E-state index in [-0.39, 0.29) is 156 Å². The van der Waals surface area contributed by atoms with Gasteiger partial charge in [0.2, 0.25) is 0 Å². The van der Waals surface area contributed by atoms with Crippen LogP contribution >= 0.6 is 22.7 Å². The summed E-state index contributed by atoms with van der Waals surface area (Å²) in [5, 5.41) is 33.0. The minimum Gasteiger partial charge on any atom is -0.512 e. The van der Waals surface area contributed by atoms with Crippen molar-refractivity contribution >= 4 is 82.9 Å². The number of carbonyl (C=O) groups excluding carboxylic acids is 3. The quantitative estimate of drug-likeness (QED) is 0.0660. The molecule has 0 saturated carbocycles. The van der Waals surface area contributed by atoms with Crippen LogP contribution in [0.1, 0.15) is 47.1 Å². The van der Waals surface area contributed by atoms with Crippen molar-refractivity contribution in [1.29, 1.82) is 0 Å². The third-order valence-corrected chi connectivity index (χ3v) is 18.0. The third-order valence-electron chi connectivity index (χ3n) is 16.1. The number of alkyl halides is 3. The van der Waals surface area contributed by atoms with Crippen LogP contribution in [0.2, 0.25) is 0 Å². The van der Waals surface area contributed by atoms with Gasteiger partial charge in [0.05, 0.1) is 28.3 Å². The van der Waals surface area contributed by atoms with Gasteiger partial charge in [0.1, 0.15) is 11.5 Å². The number of aliphatic hydroxyl groups is 3. The van der Waals surface area contributed by atoms with Crippen LogP contribution < -0.4 is 0 Å². The average molecular weight is 2810 g/mol. The zero-order valence-electron chi connectivity index (χ0n) is 69.2. The molecule has 8 heterocycles. The number of fused-ring (bicyclic) bond motifs is 4. The molecule has 0 aliphatic rings. The maximum Gasteiger partial charge on any atom is 0.381 e. The summed E-state index contributed by atoms with van der Waals surface area (Å²) in [6.07, 6.45) is 7.98. The smallest absolute Gasteiger partial charge is 0.381 e. The Balaban J connectivity index is 0.000000371. The van der Waals surface area contributed by atoms with Crippen molar-refractivity contribution in [3.8, 4) is 77.6 Å². The number of allylic oxidation sites excluding steroid dienone is 6. The molecule has 0 fully saturated rings. The number of hydrogen-bond donors (Lipinski definition) is 3. The number of oxazole rings is 1. The maximum absolute atomic E-state index is 12.3. The Labute approximate surface area is 832 Å². The molecule has 0 aliphatic heterocycles. The van der Waals surface area contributed by atoms with Crippen molar-refractivity contribution in [3.05, 3.63) is 429 Å². The molecular formula is C103H81F3Ir5N7O7PtS2-7. The van der Waals surface area contributed by atoms with E-state index in [1.165, 1.54) is 92.1 Å². The Hall–Kier alpha value is -11.1. The van der Waals surface area contributed by atoms with Gasteiger partial charge >= 0.3 is 6.18 Å². The standard InChI is InChI=1S/C17H10NS.C15H10N.C13H8NO.C12H7F3N.2C11H8N.C9H6NS.3C5H8O2.5Ir.Pt/c1-2-8-13-12(6-1)7-5-9-14(13)17-18-15-10-3-4-11-16(15)19-17;1-2-7-13(8-3-1)15-14-9-5-4-6-12(14)10-11-16-15;1-2-6-10(7-3-1)13-14-11-8-4-5-9-12(11)15-13;13-12(14,15)10-6-4-9(5-7-10)11-3-1-2-8-16-11;2*1-2-6-10(7-3-1)11-8-4-5-9-12-11;1-2-6-10-8(4-1)9-5-3-7-11-9;3*1-4(6)3-5(2)7;;;;;;/h1-8,10-11H;1-7,9-11H;1-6,8-9H;1-4,6-8H;2*1-6,8-9H;1-4,6-7H;3*3,6H,1-2H3;;;;;;/q7*-1;;;;;;;;;. The molecule has 5 radical (unpaired) electrons. The van der Waals surface area contributed by atoms with E-state index in [9.17, 15) is 27.6 Å². The number of pyridine rings is 5. The minimum absolute atomic E-state index is 0. The molecule has 14 nitrogen and oxygen atoms in total. The number of thiophene rings is 1. The third kappa shape index (κ3) is 38.8. The van der Waals surface area contributed by atoms with Crippen molar-refractivity contribution in [2.45, 2.75) is 47.7 Å². The molecule has 0 bridgehead atoms. The van der Waals surface area contributed by atoms with Gasteiger partial charge in [-0.2, -0.15) is 36.6 Å². The summed E-state index contributed by atoms with van der Waals surface area (Å²) < 4.78 is 43.7. The van der Waals surface area contributed by atoms with Gasteiger partial charge in [-0.25, -0.2) is 11.3 Å². The molecule has 8 aromatic heterocycles. The van der Waals surface area contributed by atoms with Gasteiger partial charge in [-0.3, -0.25) is 24.4 Å². The topological polar surface area (TPSA) is 215 Å². The first-order valence-corrected chi connectivity index (χ1v) is 39.5. The molecule has 3 N–H and O–H groups in total. The van der Waals surface area contributed by atoms with Crippen LogP contribution in [0.25, 0.3) is 120 Å². The van der Waals surface area contributed by atoms with Crippen LogP contribution in [-0.4, -0.2) is 67.6 Å². The summed E-state index contributed by atoms with van der Waals surface area (Å²) in [5.41, 5.74) is 12.2. The normalized spacial score (nSPS) is 10.2. The van der Waals surface area contributed by atoms with Crippen molar-refractivity contribution in [1.82, 2.24) is 34.9 Å². The van der Waals surface area contributed by atoms with E-state index in [4.69, 9.17) is 24.7 Å². The number of thiazole rings is 1. The number of hydrogen-bond acceptors (Lipinski definition) is 16. The second-order valence-corrected chi connectivity index (χ2v) is 27.8. The molecule has 25 heteroatoms. The van der Waals surface area contributed by atoms with Gasteiger partial charge in [0, 0.05) is 181 Å². The molecule has 0 atom stereocenters. The van der Waals surface area contributed by atoms with Gasteiger partial charge in [-0.15, -0.1) is 202 Å². The zero-order valence-corrected chi connectivity index (χ0v) is 85.1. The largest absolute Gasteiger partial charge is 0.512 e. The second-order valence-electron chi connectivity index (χ2n) is 25.8. The van der Waals surface area contributed by atoms with Gasteiger partial charge in [0.25, 0.3) is 0 Å². The van der Waals surface area contributed by atoms with E-state index in [2.05, 4.69) is 133 Å². The molecule has 18 aromatic rings. The number of halogens is 3. The first-order chi connectivity index (χ1) is 59.1. The first-order valence-electron chi connectivity index (χ1n) is 37.8. The number of nitrogens with zero attached hydrogens (tertiary/aromatic N) is 7. The Morgan fingerprint density at radius 3 is 1.21 bits per heavy atom. The second kappa shape index (κ2) is 60.6. The minimum atomic E-state index is -4.32. The molecule has 128 heavy (non-hydrogen) atoms. The van der Waals surface area contributed by atoms with E-state index >= 15 is 0 Å². The predicted molar refractivity (Wildman–Crippen MR) is 484 cm³/mol. The zero-order chi connectivity index (χ0) is 86.7. The Kier molecular flexibility index (Phi) is 52.6. The number of ketones is 3. The number of benzene rings is 10. The Bertz CT molecular complexity index is 6010. The van der Waals surface area contributed by atoms with Crippen LogP contribution in [0, 0.1) is 42.5 Å². The molecule has 0 spiro atoms. The molecule has 10 aromatic carbocycles. The summed E-state index contributed by atoms with van der Waals surface area (Å²) in [4.78, 5) is 61.4. The van der Waals surface area contributed by atoms with Gasteiger partial charge < -0.3 is 44.7 Å². The molecule has 0 unspecified atom stereocenters. The molecule has 0 aliphatic carbocycles. The molecule has 0 saturated heterocycles. The number of para-hydroxylation sites is 3. The van der Waals surface area contributed by atoms with Gasteiger partial charge in [-0.1, -0.05) is 137 Å². The van der Waals surface area contributed by atoms with Crippen molar-refractivity contribution in [2.24, 2.45) is 0 Å². The van der Waals surface area contributed by atoms with E-state index in [0.717, 1.165) is 89.2 Å². The number of rotatable bonds is 10. The number of aliphatic hydroxyl groups excluding tert-OH is 3. The fourth-order valence-corrected chi connectivity index (χ4v) is 12.5. The first kappa shape index (κ1) is 111. The summed E-state index contributed by atoms with van der Waals surface area (Å²) in [5.74, 6) is 0.435. The van der Waals surface area contributed by atoms with Crippen LogP contribution in [0.3, 0.4) is 0 Å². The monoisotopic (exact) mass is 2810 g/mol. The summed E-state index contributed by atoms with van der Waals surface area (Å²) in [6.45, 7) is 8.54. The Morgan fingerprint density at radius 2 is 0.797 bits per heavy atom. The van der Waals surface area contributed by atoms with E-state index in [1.807, 2.05) is 224 Å². The molecule has 665 valence electrons. The molecule has 18 rings (SSSR count). The fraction of sp³-hybridized carbons (Fsp3) is 0.0680. The van der Waals surface area contributed by atoms with E-state index < -0.39 is 11.7 Å². The van der Waals surface area contributed by atoms with Crippen LogP contribution in [-0.2, 0) is 142 Å².